The molecule has 2 fully saturated rings. The van der Waals surface area contributed by atoms with Gasteiger partial charge in [0.05, 0.1) is 12.0 Å². The third-order valence-electron chi connectivity index (χ3n) is 3.84. The van der Waals surface area contributed by atoms with Gasteiger partial charge in [0.25, 0.3) is 5.91 Å². The lowest BCUT2D eigenvalue weighted by Gasteiger charge is -2.54. The molecule has 0 radical (unpaired) electrons. The number of ether oxygens (including phenoxy) is 1. The van der Waals surface area contributed by atoms with E-state index in [9.17, 15) is 19.5 Å². The maximum atomic E-state index is 12.2. The minimum absolute atomic E-state index is 0.220. The van der Waals surface area contributed by atoms with Gasteiger partial charge >= 0.3 is 0 Å². The summed E-state index contributed by atoms with van der Waals surface area (Å²) in [6.45, 7) is 3.46. The van der Waals surface area contributed by atoms with Crippen LogP contribution in [0, 0.1) is 0 Å². The Hall–Kier alpha value is -2.48. The van der Waals surface area contributed by atoms with Crippen LogP contribution in [-0.2, 0) is 14.4 Å². The number of nitrogens with one attached hydrogen (secondary N) is 1. The molecule has 0 saturated carbocycles. The van der Waals surface area contributed by atoms with Gasteiger partial charge in [-0.2, -0.15) is 0 Å². The van der Waals surface area contributed by atoms with Crippen molar-refractivity contribution < 1.29 is 24.2 Å². The highest BCUT2D eigenvalue weighted by molar-refractivity contribution is 8.00. The van der Waals surface area contributed by atoms with Crippen LogP contribution in [0.1, 0.15) is 0 Å². The Kier molecular flexibility index (Phi) is 4.48. The third kappa shape index (κ3) is 2.96. The number of carbonyl (C=O) groups excluding carboxylic acids is 3. The third-order valence-corrected chi connectivity index (χ3v) is 5.22. The van der Waals surface area contributed by atoms with Gasteiger partial charge in [-0.25, -0.2) is 0 Å². The molecule has 1 aromatic rings. The molecule has 2 amide bonds. The zero-order valence-corrected chi connectivity index (χ0v) is 13.5. The van der Waals surface area contributed by atoms with Crippen LogP contribution < -0.4 is 15.2 Å². The van der Waals surface area contributed by atoms with Crippen molar-refractivity contribution in [2.24, 2.45) is 0 Å². The lowest BCUT2D eigenvalue weighted by Crippen LogP contribution is -2.75. The molecule has 0 spiro atoms. The Morgan fingerprint density at radius 3 is 2.75 bits per heavy atom. The number of β-lactam (4-membered cyclic amide) rings is 1. The zero-order valence-electron chi connectivity index (χ0n) is 12.6. The molecule has 24 heavy (non-hydrogen) atoms. The number of aliphatic carboxylic acids is 1. The highest BCUT2D eigenvalue weighted by atomic mass is 32.2. The van der Waals surface area contributed by atoms with E-state index in [0.29, 0.717) is 17.1 Å². The lowest BCUT2D eigenvalue weighted by molar-refractivity contribution is -0.310. The first-order valence-electron chi connectivity index (χ1n) is 7.28. The summed E-state index contributed by atoms with van der Waals surface area (Å²) in [4.78, 5) is 36.6. The van der Waals surface area contributed by atoms with Crippen molar-refractivity contribution in [3.8, 4) is 5.75 Å². The highest BCUT2D eigenvalue weighted by Crippen LogP contribution is 2.39. The summed E-state index contributed by atoms with van der Waals surface area (Å²) in [6, 6.07) is 6.95. The van der Waals surface area contributed by atoms with Crippen molar-refractivity contribution in [3.05, 3.63) is 42.5 Å². The zero-order chi connectivity index (χ0) is 17.3. The lowest BCUT2D eigenvalue weighted by atomic mass is 9.98. The van der Waals surface area contributed by atoms with Crippen LogP contribution >= 0.6 is 11.8 Å². The summed E-state index contributed by atoms with van der Waals surface area (Å²) in [5, 5.41) is 13.4. The number of para-hydroxylation sites is 1. The van der Waals surface area contributed by atoms with Crippen LogP contribution in [-0.4, -0.2) is 52.5 Å². The summed E-state index contributed by atoms with van der Waals surface area (Å²) in [7, 11) is 0. The molecule has 2 heterocycles. The fourth-order valence-electron chi connectivity index (χ4n) is 2.70. The van der Waals surface area contributed by atoms with E-state index in [0.717, 1.165) is 0 Å². The Labute approximate surface area is 142 Å². The molecule has 2 aliphatic heterocycles. The molecule has 8 heteroatoms. The molecule has 1 N–H and O–H groups in total. The van der Waals surface area contributed by atoms with Crippen LogP contribution in [0.3, 0.4) is 0 Å². The first kappa shape index (κ1) is 16.4. The van der Waals surface area contributed by atoms with Gasteiger partial charge in [-0.05, 0) is 17.7 Å². The van der Waals surface area contributed by atoms with E-state index in [1.165, 1.54) is 16.7 Å². The molecule has 0 aromatic heterocycles. The van der Waals surface area contributed by atoms with E-state index in [1.807, 2.05) is 6.07 Å². The quantitative estimate of drug-likeness (QED) is 0.550. The number of carbonyl (C=O) groups is 3. The minimum Gasteiger partial charge on any atom is -0.548 e. The van der Waals surface area contributed by atoms with Gasteiger partial charge in [0, 0.05) is 5.75 Å². The first-order valence-corrected chi connectivity index (χ1v) is 8.33. The van der Waals surface area contributed by atoms with Gasteiger partial charge < -0.3 is 24.9 Å². The van der Waals surface area contributed by atoms with Crippen molar-refractivity contribution in [2.45, 2.75) is 17.5 Å². The van der Waals surface area contributed by atoms with E-state index in [-0.39, 0.29) is 6.61 Å². The maximum Gasteiger partial charge on any atom is 0.258 e. The van der Waals surface area contributed by atoms with E-state index < -0.39 is 35.2 Å². The molecule has 1 aromatic carbocycles. The monoisotopic (exact) mass is 347 g/mol. The maximum absolute atomic E-state index is 12.2. The molecule has 2 aliphatic rings. The SMILES string of the molecule is C=C1CS[C@@H]2C(NC(=O)COc3ccccc3)C(=O)N2C1C(=O)[O-]. The number of rotatable bonds is 5. The fraction of sp³-hybridized carbons (Fsp3) is 0.312. The summed E-state index contributed by atoms with van der Waals surface area (Å²) < 4.78 is 5.32. The van der Waals surface area contributed by atoms with Crippen molar-refractivity contribution >= 4 is 29.5 Å². The van der Waals surface area contributed by atoms with Crippen LogP contribution in [0.5, 0.6) is 5.75 Å². The van der Waals surface area contributed by atoms with Crippen LogP contribution in [0.25, 0.3) is 0 Å². The first-order chi connectivity index (χ1) is 11.5. The Morgan fingerprint density at radius 2 is 2.08 bits per heavy atom. The predicted molar refractivity (Wildman–Crippen MR) is 84.9 cm³/mol. The second-order valence-electron chi connectivity index (χ2n) is 5.47. The Bertz CT molecular complexity index is 693. The van der Waals surface area contributed by atoms with Crippen LogP contribution in [0.2, 0.25) is 0 Å². The molecule has 0 aliphatic carbocycles. The number of nitrogens with zero attached hydrogens (tertiary/aromatic N) is 1. The Balaban J connectivity index is 1.57. The number of amides is 2. The standard InChI is InChI=1S/C16H16N2O5S/c1-9-8-24-15-12(14(20)18(15)13(9)16(21)22)17-11(19)7-23-10-5-3-2-4-6-10/h2-6,12-13,15H,1,7-8H2,(H,17,19)(H,21,22)/p-1/t12?,13?,15-/m1/s1. The van der Waals surface area contributed by atoms with Crippen molar-refractivity contribution in [1.82, 2.24) is 10.2 Å². The van der Waals surface area contributed by atoms with Gasteiger partial charge in [-0.15, -0.1) is 11.8 Å². The van der Waals surface area contributed by atoms with Gasteiger partial charge in [0.1, 0.15) is 17.2 Å². The largest absolute Gasteiger partial charge is 0.548 e. The molecule has 3 rings (SSSR count). The smallest absolute Gasteiger partial charge is 0.258 e. The van der Waals surface area contributed by atoms with Gasteiger partial charge in [0.2, 0.25) is 5.91 Å². The number of hydrogen-bond donors (Lipinski definition) is 1. The second kappa shape index (κ2) is 6.56. The van der Waals surface area contributed by atoms with Crippen molar-refractivity contribution in [1.29, 1.82) is 0 Å². The number of carboxylic acids is 1. The molecule has 3 atom stereocenters. The molecule has 7 nitrogen and oxygen atoms in total. The van der Waals surface area contributed by atoms with Gasteiger partial charge in [-0.3, -0.25) is 9.59 Å². The number of benzene rings is 1. The Morgan fingerprint density at radius 1 is 1.38 bits per heavy atom. The molecular weight excluding hydrogens is 332 g/mol. The van der Waals surface area contributed by atoms with E-state index >= 15 is 0 Å². The summed E-state index contributed by atoms with van der Waals surface area (Å²) >= 11 is 1.37. The molecule has 0 bridgehead atoms. The average Bonchev–Trinajstić information content (AvgIpc) is 2.58. The van der Waals surface area contributed by atoms with Crippen LogP contribution in [0.15, 0.2) is 42.5 Å². The summed E-state index contributed by atoms with van der Waals surface area (Å²) in [5.74, 6) is -1.28. The van der Waals surface area contributed by atoms with E-state index in [1.54, 1.807) is 24.3 Å². The molecule has 2 unspecified atom stereocenters. The van der Waals surface area contributed by atoms with E-state index in [4.69, 9.17) is 4.74 Å². The summed E-state index contributed by atoms with van der Waals surface area (Å²) in [5.41, 5.74) is 0.418. The fourth-order valence-corrected chi connectivity index (χ4v) is 4.00. The normalized spacial score (nSPS) is 25.5. The van der Waals surface area contributed by atoms with Crippen LogP contribution in [0.4, 0.5) is 0 Å². The van der Waals surface area contributed by atoms with Gasteiger partial charge in [0.15, 0.2) is 6.61 Å². The number of fused-ring (bicyclic) bond motifs is 1. The molecule has 2 saturated heterocycles. The minimum atomic E-state index is -1.35. The topological polar surface area (TPSA) is 98.8 Å². The number of thioether (sulfide) groups is 1. The van der Waals surface area contributed by atoms with E-state index in [2.05, 4.69) is 11.9 Å². The second-order valence-corrected chi connectivity index (χ2v) is 6.58. The predicted octanol–water partition coefficient (Wildman–Crippen LogP) is -0.860. The van der Waals surface area contributed by atoms with Gasteiger partial charge in [-0.1, -0.05) is 24.8 Å². The molecular formula is C16H15N2O5S-. The summed E-state index contributed by atoms with van der Waals surface area (Å²) in [6.07, 6.45) is 0. The van der Waals surface area contributed by atoms with Crippen molar-refractivity contribution in [2.75, 3.05) is 12.4 Å². The number of hydrogen-bond acceptors (Lipinski definition) is 6. The average molecular weight is 347 g/mol. The molecule has 126 valence electrons. The van der Waals surface area contributed by atoms with Crippen molar-refractivity contribution in [3.63, 3.8) is 0 Å². The highest BCUT2D eigenvalue weighted by Gasteiger charge is 2.54. The number of carboxylic acid groups (broad SMARTS) is 1.